The largest absolute Gasteiger partial charge is 0.465 e. The molecule has 7 heteroatoms. The van der Waals surface area contributed by atoms with E-state index in [1.54, 1.807) is 31.3 Å². The van der Waals surface area contributed by atoms with Crippen molar-refractivity contribution in [1.82, 2.24) is 4.98 Å². The molecule has 21 heavy (non-hydrogen) atoms. The van der Waals surface area contributed by atoms with Crippen molar-refractivity contribution in [2.24, 2.45) is 0 Å². The fraction of sp³-hybridized carbons (Fsp3) is 0.143. The van der Waals surface area contributed by atoms with Gasteiger partial charge in [0.1, 0.15) is 10.8 Å². The Balaban J connectivity index is 2.38. The Kier molecular flexibility index (Phi) is 4.55. The quantitative estimate of drug-likeness (QED) is 0.879. The van der Waals surface area contributed by atoms with Crippen molar-refractivity contribution in [3.05, 3.63) is 51.8 Å². The number of carbonyl (C=O) groups excluding carboxylic acids is 2. The molecule has 0 aliphatic rings. The number of esters is 1. The van der Waals surface area contributed by atoms with Gasteiger partial charge in [0.25, 0.3) is 5.91 Å². The molecule has 0 aliphatic carbocycles. The average Bonchev–Trinajstić information content (AvgIpc) is 2.84. The SMILES string of the molecule is COC(=O)c1ccccc1N(C)C(=O)c1cc(Cl)c(Cl)[nH]1. The van der Waals surface area contributed by atoms with Crippen LogP contribution in [0, 0.1) is 0 Å². The van der Waals surface area contributed by atoms with Gasteiger partial charge in [0.15, 0.2) is 0 Å². The molecule has 1 N–H and O–H groups in total. The summed E-state index contributed by atoms with van der Waals surface area (Å²) in [7, 11) is 2.83. The zero-order valence-corrected chi connectivity index (χ0v) is 12.8. The summed E-state index contributed by atoms with van der Waals surface area (Å²) in [4.78, 5) is 28.2. The molecule has 1 aromatic carbocycles. The first-order chi connectivity index (χ1) is 9.95. The second kappa shape index (κ2) is 6.20. The van der Waals surface area contributed by atoms with E-state index in [4.69, 9.17) is 27.9 Å². The van der Waals surface area contributed by atoms with Crippen molar-refractivity contribution in [2.75, 3.05) is 19.1 Å². The second-order valence-electron chi connectivity index (χ2n) is 4.22. The van der Waals surface area contributed by atoms with Gasteiger partial charge in [-0.05, 0) is 18.2 Å². The number of hydrogen-bond acceptors (Lipinski definition) is 3. The number of amides is 1. The summed E-state index contributed by atoms with van der Waals surface area (Å²) in [6.45, 7) is 0. The maximum Gasteiger partial charge on any atom is 0.339 e. The summed E-state index contributed by atoms with van der Waals surface area (Å²) in [6.07, 6.45) is 0. The van der Waals surface area contributed by atoms with E-state index in [-0.39, 0.29) is 21.8 Å². The average molecular weight is 327 g/mol. The maximum atomic E-state index is 12.4. The third-order valence-corrected chi connectivity index (χ3v) is 3.62. The molecule has 0 saturated carbocycles. The summed E-state index contributed by atoms with van der Waals surface area (Å²) in [5, 5.41) is 0.448. The number of aromatic amines is 1. The summed E-state index contributed by atoms with van der Waals surface area (Å²) in [5.74, 6) is -0.895. The maximum absolute atomic E-state index is 12.4. The van der Waals surface area contributed by atoms with Gasteiger partial charge in [-0.15, -0.1) is 0 Å². The number of anilines is 1. The van der Waals surface area contributed by atoms with Crippen molar-refractivity contribution in [3.8, 4) is 0 Å². The summed E-state index contributed by atoms with van der Waals surface area (Å²) in [6, 6.07) is 8.08. The number of carbonyl (C=O) groups is 2. The number of rotatable bonds is 3. The molecule has 2 rings (SSSR count). The van der Waals surface area contributed by atoms with Crippen LogP contribution in [0.4, 0.5) is 5.69 Å². The Bertz CT molecular complexity index is 678. The molecule has 0 fully saturated rings. The van der Waals surface area contributed by atoms with Gasteiger partial charge < -0.3 is 14.6 Å². The topological polar surface area (TPSA) is 62.4 Å². The van der Waals surface area contributed by atoms with E-state index in [0.717, 1.165) is 0 Å². The van der Waals surface area contributed by atoms with Crippen molar-refractivity contribution < 1.29 is 14.3 Å². The van der Waals surface area contributed by atoms with Crippen LogP contribution in [0.3, 0.4) is 0 Å². The van der Waals surface area contributed by atoms with Gasteiger partial charge in [-0.1, -0.05) is 35.3 Å². The molecule has 0 atom stereocenters. The Morgan fingerprint density at radius 1 is 1.24 bits per heavy atom. The third-order valence-electron chi connectivity index (χ3n) is 2.93. The lowest BCUT2D eigenvalue weighted by Gasteiger charge is -2.19. The number of halogens is 2. The first-order valence-corrected chi connectivity index (χ1v) is 6.70. The molecule has 0 aliphatic heterocycles. The minimum absolute atomic E-state index is 0.190. The first kappa shape index (κ1) is 15.4. The molecule has 110 valence electrons. The lowest BCUT2D eigenvalue weighted by atomic mass is 10.1. The van der Waals surface area contributed by atoms with E-state index >= 15 is 0 Å². The van der Waals surface area contributed by atoms with E-state index in [9.17, 15) is 9.59 Å². The van der Waals surface area contributed by atoms with Gasteiger partial charge in [0.2, 0.25) is 0 Å². The highest BCUT2D eigenvalue weighted by Crippen LogP contribution is 2.25. The molecule has 0 unspecified atom stereocenters. The molecule has 1 aromatic heterocycles. The van der Waals surface area contributed by atoms with Crippen molar-refractivity contribution in [2.45, 2.75) is 0 Å². The highest BCUT2D eigenvalue weighted by molar-refractivity contribution is 6.41. The fourth-order valence-electron chi connectivity index (χ4n) is 1.86. The number of nitrogens with one attached hydrogen (secondary N) is 1. The lowest BCUT2D eigenvalue weighted by molar-refractivity contribution is 0.0601. The molecular weight excluding hydrogens is 315 g/mol. The Labute approximate surface area is 131 Å². The molecular formula is C14H12Cl2N2O3. The monoisotopic (exact) mass is 326 g/mol. The van der Waals surface area contributed by atoms with Crippen LogP contribution in [0.2, 0.25) is 10.2 Å². The van der Waals surface area contributed by atoms with Crippen LogP contribution >= 0.6 is 23.2 Å². The zero-order chi connectivity index (χ0) is 15.6. The Morgan fingerprint density at radius 2 is 1.90 bits per heavy atom. The lowest BCUT2D eigenvalue weighted by Crippen LogP contribution is -2.28. The molecule has 5 nitrogen and oxygen atoms in total. The van der Waals surface area contributed by atoms with E-state index in [2.05, 4.69) is 4.98 Å². The van der Waals surface area contributed by atoms with Crippen molar-refractivity contribution in [1.29, 1.82) is 0 Å². The van der Waals surface area contributed by atoms with Gasteiger partial charge in [0.05, 0.1) is 23.4 Å². The van der Waals surface area contributed by atoms with Gasteiger partial charge in [-0.25, -0.2) is 4.79 Å². The minimum atomic E-state index is -0.521. The van der Waals surface area contributed by atoms with Crippen LogP contribution in [0.1, 0.15) is 20.8 Å². The molecule has 0 saturated heterocycles. The van der Waals surface area contributed by atoms with E-state index in [1.165, 1.54) is 18.1 Å². The third kappa shape index (κ3) is 3.04. The highest BCUT2D eigenvalue weighted by atomic mass is 35.5. The molecule has 2 aromatic rings. The number of hydrogen-bond donors (Lipinski definition) is 1. The summed E-state index contributed by atoms with van der Waals surface area (Å²) < 4.78 is 4.71. The van der Waals surface area contributed by atoms with Crippen LogP contribution in [0.15, 0.2) is 30.3 Å². The van der Waals surface area contributed by atoms with Crippen LogP contribution in [-0.2, 0) is 4.74 Å². The first-order valence-electron chi connectivity index (χ1n) is 5.95. The van der Waals surface area contributed by atoms with Gasteiger partial charge in [-0.3, -0.25) is 4.79 Å². The van der Waals surface area contributed by atoms with Gasteiger partial charge in [-0.2, -0.15) is 0 Å². The van der Waals surface area contributed by atoms with E-state index in [0.29, 0.717) is 11.3 Å². The number of ether oxygens (including phenoxy) is 1. The van der Waals surface area contributed by atoms with Crippen molar-refractivity contribution in [3.63, 3.8) is 0 Å². The van der Waals surface area contributed by atoms with E-state index in [1.807, 2.05) is 0 Å². The van der Waals surface area contributed by atoms with Gasteiger partial charge in [0, 0.05) is 7.05 Å². The number of nitrogens with zero attached hydrogens (tertiary/aromatic N) is 1. The molecule has 0 spiro atoms. The predicted octanol–water partition coefficient (Wildman–Crippen LogP) is 3.38. The molecule has 0 radical (unpaired) electrons. The number of benzene rings is 1. The van der Waals surface area contributed by atoms with E-state index < -0.39 is 5.97 Å². The summed E-state index contributed by atoms with van der Waals surface area (Å²) in [5.41, 5.74) is 0.947. The number of aromatic nitrogens is 1. The standard InChI is InChI=1S/C14H12Cl2N2O3/c1-18(13(19)10-7-9(15)12(16)17-10)11-6-4-3-5-8(11)14(20)21-2/h3-7,17H,1-2H3. The molecule has 0 bridgehead atoms. The minimum Gasteiger partial charge on any atom is -0.465 e. The van der Waals surface area contributed by atoms with Gasteiger partial charge >= 0.3 is 5.97 Å². The fourth-order valence-corrected chi connectivity index (χ4v) is 2.17. The Hall–Kier alpha value is -1.98. The van der Waals surface area contributed by atoms with Crippen LogP contribution in [-0.4, -0.2) is 31.0 Å². The second-order valence-corrected chi connectivity index (χ2v) is 5.00. The number of H-pyrrole nitrogens is 1. The zero-order valence-electron chi connectivity index (χ0n) is 11.3. The Morgan fingerprint density at radius 3 is 2.48 bits per heavy atom. The van der Waals surface area contributed by atoms with Crippen molar-refractivity contribution >= 4 is 40.8 Å². The van der Waals surface area contributed by atoms with Crippen LogP contribution in [0.5, 0.6) is 0 Å². The summed E-state index contributed by atoms with van der Waals surface area (Å²) >= 11 is 11.6. The molecule has 1 heterocycles. The van der Waals surface area contributed by atoms with Crippen LogP contribution < -0.4 is 4.90 Å². The molecule has 1 amide bonds. The number of para-hydroxylation sites is 1. The highest BCUT2D eigenvalue weighted by Gasteiger charge is 2.21. The van der Waals surface area contributed by atoms with Crippen LogP contribution in [0.25, 0.3) is 0 Å². The smallest absolute Gasteiger partial charge is 0.339 e. The predicted molar refractivity (Wildman–Crippen MR) is 81.3 cm³/mol. The number of methoxy groups -OCH3 is 1. The normalized spacial score (nSPS) is 10.3.